The molecule has 0 fully saturated rings. The quantitative estimate of drug-likeness (QED) is 0.0363. The number of carbonyl (C=O) groups is 1. The molecule has 0 radical (unpaired) electrons. The fourth-order valence-electron chi connectivity index (χ4n) is 7.82. The average Bonchev–Trinajstić information content (AvgIpc) is 3.24. The Labute approximate surface area is 367 Å². The van der Waals surface area contributed by atoms with Gasteiger partial charge in [-0.1, -0.05) is 249 Å². The van der Waals surface area contributed by atoms with Gasteiger partial charge in [0, 0.05) is 0 Å². The molecule has 0 saturated heterocycles. The SMILES string of the molecule is CCCCCCCCCCC/C=C\C/C=C\CCCCCCCCC(O)C(=O)NC(CO)C(O)/C=C/CC/C=C/CCCCCCCCCCCCCCCCCCC. The Hall–Kier alpha value is -1.69. The Bertz CT molecular complexity index is 958. The molecular formula is C54H101NO4. The summed E-state index contributed by atoms with van der Waals surface area (Å²) in [4.78, 5) is 12.5. The number of nitrogens with one attached hydrogen (secondary N) is 1. The van der Waals surface area contributed by atoms with Gasteiger partial charge in [0.1, 0.15) is 6.10 Å². The molecule has 3 atom stereocenters. The van der Waals surface area contributed by atoms with Crippen molar-refractivity contribution in [3.63, 3.8) is 0 Å². The predicted molar refractivity (Wildman–Crippen MR) is 259 cm³/mol. The average molecular weight is 828 g/mol. The lowest BCUT2D eigenvalue weighted by molar-refractivity contribution is -0.131. The van der Waals surface area contributed by atoms with Gasteiger partial charge in [0.2, 0.25) is 5.91 Å². The number of rotatable bonds is 47. The van der Waals surface area contributed by atoms with E-state index in [9.17, 15) is 20.1 Å². The van der Waals surface area contributed by atoms with Crippen LogP contribution in [0.3, 0.4) is 0 Å². The molecule has 5 nitrogen and oxygen atoms in total. The van der Waals surface area contributed by atoms with Gasteiger partial charge in [-0.2, -0.15) is 0 Å². The maximum atomic E-state index is 12.5. The van der Waals surface area contributed by atoms with Crippen LogP contribution < -0.4 is 5.32 Å². The number of hydrogen-bond donors (Lipinski definition) is 4. The second kappa shape index (κ2) is 49.0. The van der Waals surface area contributed by atoms with Crippen molar-refractivity contribution in [1.29, 1.82) is 0 Å². The molecular weight excluding hydrogens is 727 g/mol. The van der Waals surface area contributed by atoms with Crippen LogP contribution in [-0.4, -0.2) is 46.1 Å². The molecule has 0 heterocycles. The van der Waals surface area contributed by atoms with E-state index < -0.39 is 24.2 Å². The van der Waals surface area contributed by atoms with Crippen LogP contribution in [0.2, 0.25) is 0 Å². The van der Waals surface area contributed by atoms with Crippen molar-refractivity contribution in [2.75, 3.05) is 6.61 Å². The second-order valence-electron chi connectivity index (χ2n) is 17.7. The summed E-state index contributed by atoms with van der Waals surface area (Å²) in [7, 11) is 0. The summed E-state index contributed by atoms with van der Waals surface area (Å²) in [6.07, 6.45) is 64.5. The molecule has 0 aliphatic rings. The van der Waals surface area contributed by atoms with Crippen molar-refractivity contribution in [3.05, 3.63) is 48.6 Å². The summed E-state index contributed by atoms with van der Waals surface area (Å²) in [5, 5.41) is 33.3. The molecule has 0 saturated carbocycles. The number of allylic oxidation sites excluding steroid dienone is 7. The number of carbonyl (C=O) groups excluding carboxylic acids is 1. The highest BCUT2D eigenvalue weighted by Crippen LogP contribution is 2.16. The highest BCUT2D eigenvalue weighted by molar-refractivity contribution is 5.80. The number of unbranched alkanes of at least 4 members (excludes halogenated alkanes) is 33. The first-order valence-electron chi connectivity index (χ1n) is 26.0. The molecule has 3 unspecified atom stereocenters. The van der Waals surface area contributed by atoms with Gasteiger partial charge >= 0.3 is 0 Å². The van der Waals surface area contributed by atoms with Crippen LogP contribution >= 0.6 is 0 Å². The van der Waals surface area contributed by atoms with Crippen LogP contribution in [-0.2, 0) is 4.79 Å². The van der Waals surface area contributed by atoms with E-state index in [2.05, 4.69) is 55.6 Å². The van der Waals surface area contributed by atoms with Gasteiger partial charge in [-0.15, -0.1) is 0 Å². The first-order valence-corrected chi connectivity index (χ1v) is 26.0. The summed E-state index contributed by atoms with van der Waals surface area (Å²) in [5.41, 5.74) is 0. The van der Waals surface area contributed by atoms with Crippen LogP contribution in [0.4, 0.5) is 0 Å². The van der Waals surface area contributed by atoms with Gasteiger partial charge in [0.05, 0.1) is 18.8 Å². The topological polar surface area (TPSA) is 89.8 Å². The molecule has 0 spiro atoms. The summed E-state index contributed by atoms with van der Waals surface area (Å²) < 4.78 is 0. The number of amides is 1. The summed E-state index contributed by atoms with van der Waals surface area (Å²) in [6, 6.07) is -0.821. The molecule has 0 aromatic carbocycles. The zero-order valence-corrected chi connectivity index (χ0v) is 39.4. The third-order valence-electron chi connectivity index (χ3n) is 11.9. The normalized spacial score (nSPS) is 13.8. The Kier molecular flexibility index (Phi) is 47.6. The maximum Gasteiger partial charge on any atom is 0.249 e. The highest BCUT2D eigenvalue weighted by Gasteiger charge is 2.22. The van der Waals surface area contributed by atoms with E-state index in [0.29, 0.717) is 6.42 Å². The van der Waals surface area contributed by atoms with Gasteiger partial charge in [0.25, 0.3) is 0 Å². The van der Waals surface area contributed by atoms with Crippen LogP contribution in [0.25, 0.3) is 0 Å². The fourth-order valence-corrected chi connectivity index (χ4v) is 7.82. The highest BCUT2D eigenvalue weighted by atomic mass is 16.3. The number of aliphatic hydroxyl groups is 3. The van der Waals surface area contributed by atoms with Gasteiger partial charge < -0.3 is 20.6 Å². The lowest BCUT2D eigenvalue weighted by atomic mass is 10.0. The van der Waals surface area contributed by atoms with E-state index in [0.717, 1.165) is 51.4 Å². The third-order valence-corrected chi connectivity index (χ3v) is 11.9. The van der Waals surface area contributed by atoms with E-state index >= 15 is 0 Å². The minimum atomic E-state index is -1.12. The summed E-state index contributed by atoms with van der Waals surface area (Å²) in [6.45, 7) is 4.19. The molecule has 0 aliphatic heterocycles. The van der Waals surface area contributed by atoms with E-state index in [1.807, 2.05) is 6.08 Å². The lowest BCUT2D eigenvalue weighted by Crippen LogP contribution is -2.48. The molecule has 0 aliphatic carbocycles. The zero-order chi connectivity index (χ0) is 43.0. The Morgan fingerprint density at radius 1 is 0.424 bits per heavy atom. The fraction of sp³-hybridized carbons (Fsp3) is 0.833. The van der Waals surface area contributed by atoms with E-state index in [-0.39, 0.29) is 6.61 Å². The zero-order valence-electron chi connectivity index (χ0n) is 39.4. The van der Waals surface area contributed by atoms with Crippen molar-refractivity contribution in [2.45, 2.75) is 283 Å². The van der Waals surface area contributed by atoms with Gasteiger partial charge in [-0.25, -0.2) is 0 Å². The van der Waals surface area contributed by atoms with Gasteiger partial charge in [0.15, 0.2) is 0 Å². The summed E-state index contributed by atoms with van der Waals surface area (Å²) in [5.74, 6) is -0.520. The summed E-state index contributed by atoms with van der Waals surface area (Å²) >= 11 is 0. The Morgan fingerprint density at radius 2 is 0.746 bits per heavy atom. The minimum Gasteiger partial charge on any atom is -0.394 e. The molecule has 4 N–H and O–H groups in total. The molecule has 0 bridgehead atoms. The standard InChI is InChI=1S/C54H101NO4/c1-3-5-7-9-11-13-15-17-19-21-23-25-27-29-30-32-34-36-38-40-42-44-46-48-52(57)51(50-56)55-54(59)53(58)49-47-45-43-41-39-37-35-33-31-28-26-24-22-20-18-16-14-12-10-8-6-4-2/h24,26,31,33,38,40,46,48,51-53,56-58H,3-23,25,27-30,32,34-37,39,41-45,47,49-50H2,1-2H3,(H,55,59)/b26-24-,33-31-,40-38+,48-46+. The Balaban J connectivity index is 3.68. The number of aliphatic hydroxyl groups excluding tert-OH is 3. The number of hydrogen-bond acceptors (Lipinski definition) is 4. The smallest absolute Gasteiger partial charge is 0.249 e. The van der Waals surface area contributed by atoms with Crippen LogP contribution in [0.5, 0.6) is 0 Å². The molecule has 1 amide bonds. The first kappa shape index (κ1) is 57.3. The molecule has 0 aromatic rings. The van der Waals surface area contributed by atoms with Crippen LogP contribution in [0.15, 0.2) is 48.6 Å². The van der Waals surface area contributed by atoms with E-state index in [1.54, 1.807) is 6.08 Å². The lowest BCUT2D eigenvalue weighted by Gasteiger charge is -2.21. The van der Waals surface area contributed by atoms with Crippen molar-refractivity contribution >= 4 is 5.91 Å². The van der Waals surface area contributed by atoms with E-state index in [1.165, 1.54) is 193 Å². The van der Waals surface area contributed by atoms with Crippen molar-refractivity contribution < 1.29 is 20.1 Å². The van der Waals surface area contributed by atoms with Crippen molar-refractivity contribution in [1.82, 2.24) is 5.32 Å². The molecule has 59 heavy (non-hydrogen) atoms. The minimum absolute atomic E-state index is 0.380. The van der Waals surface area contributed by atoms with Crippen LogP contribution in [0, 0.1) is 0 Å². The van der Waals surface area contributed by atoms with Crippen molar-refractivity contribution in [2.24, 2.45) is 0 Å². The predicted octanol–water partition coefficient (Wildman–Crippen LogP) is 15.7. The first-order chi connectivity index (χ1) is 29.1. The van der Waals surface area contributed by atoms with Gasteiger partial charge in [-0.3, -0.25) is 4.79 Å². The van der Waals surface area contributed by atoms with E-state index in [4.69, 9.17) is 0 Å². The van der Waals surface area contributed by atoms with Gasteiger partial charge in [-0.05, 0) is 64.2 Å². The molecule has 0 rings (SSSR count). The molecule has 346 valence electrons. The largest absolute Gasteiger partial charge is 0.394 e. The second-order valence-corrected chi connectivity index (χ2v) is 17.7. The van der Waals surface area contributed by atoms with Crippen LogP contribution in [0.1, 0.15) is 264 Å². The Morgan fingerprint density at radius 3 is 1.14 bits per heavy atom. The monoisotopic (exact) mass is 828 g/mol. The molecule has 0 aromatic heterocycles. The molecule has 5 heteroatoms. The van der Waals surface area contributed by atoms with Crippen molar-refractivity contribution in [3.8, 4) is 0 Å². The third kappa shape index (κ3) is 44.2. The maximum absolute atomic E-state index is 12.5.